The zero-order chi connectivity index (χ0) is 20.5. The van der Waals surface area contributed by atoms with Crippen LogP contribution < -0.4 is 0 Å². The normalized spacial score (nSPS) is 12.0. The summed E-state index contributed by atoms with van der Waals surface area (Å²) in [6, 6.07) is 33.8. The van der Waals surface area contributed by atoms with E-state index in [4.69, 9.17) is 16.0 Å². The van der Waals surface area contributed by atoms with E-state index in [2.05, 4.69) is 83.4 Å². The number of hydrogen-bond donors (Lipinski definition) is 0. The number of fused-ring (bicyclic) bond motifs is 8. The van der Waals surface area contributed by atoms with Crippen LogP contribution >= 0.6 is 11.6 Å². The highest BCUT2D eigenvalue weighted by Gasteiger charge is 2.18. The van der Waals surface area contributed by atoms with Gasteiger partial charge in [-0.15, -0.1) is 0 Å². The summed E-state index contributed by atoms with van der Waals surface area (Å²) in [6.45, 7) is 0. The molecule has 0 saturated heterocycles. The lowest BCUT2D eigenvalue weighted by molar-refractivity contribution is 0.669. The molecule has 0 aliphatic heterocycles. The summed E-state index contributed by atoms with van der Waals surface area (Å²) in [4.78, 5) is 0. The molecule has 0 atom stereocenters. The van der Waals surface area contributed by atoms with Crippen LogP contribution in [0.25, 0.3) is 60.2 Å². The molecule has 0 fully saturated rings. The molecule has 0 unspecified atom stereocenters. The Morgan fingerprint density at radius 1 is 0.581 bits per heavy atom. The van der Waals surface area contributed by atoms with Crippen molar-refractivity contribution in [1.29, 1.82) is 0 Å². The van der Waals surface area contributed by atoms with E-state index in [9.17, 15) is 0 Å². The van der Waals surface area contributed by atoms with Crippen LogP contribution in [-0.4, -0.2) is 4.57 Å². The van der Waals surface area contributed by atoms with Crippen molar-refractivity contribution >= 4 is 66.1 Å². The van der Waals surface area contributed by atoms with Crippen LogP contribution in [0.15, 0.2) is 101 Å². The van der Waals surface area contributed by atoms with E-state index in [0.717, 1.165) is 27.6 Å². The molecule has 2 heterocycles. The summed E-state index contributed by atoms with van der Waals surface area (Å²) in [5, 5.41) is 7.90. The lowest BCUT2D eigenvalue weighted by Gasteiger charge is -2.10. The second kappa shape index (κ2) is 6.13. The first-order valence-corrected chi connectivity index (χ1v) is 10.7. The van der Waals surface area contributed by atoms with Crippen LogP contribution in [0.1, 0.15) is 0 Å². The molecular weight excluding hydrogens is 402 g/mol. The van der Waals surface area contributed by atoms with Gasteiger partial charge in [0.1, 0.15) is 11.2 Å². The molecule has 0 saturated carbocycles. The third kappa shape index (κ3) is 2.28. The minimum absolute atomic E-state index is 0.677. The van der Waals surface area contributed by atoms with Crippen molar-refractivity contribution in [3.8, 4) is 5.69 Å². The maximum Gasteiger partial charge on any atom is 0.137 e. The second-order valence-electron chi connectivity index (χ2n) is 7.93. The number of hydrogen-bond acceptors (Lipinski definition) is 1. The number of furan rings is 1. The summed E-state index contributed by atoms with van der Waals surface area (Å²) >= 11 is 6.23. The third-order valence-corrected chi connectivity index (χ3v) is 6.48. The number of halogens is 1. The molecule has 7 aromatic rings. The summed E-state index contributed by atoms with van der Waals surface area (Å²) in [5.74, 6) is 0. The lowest BCUT2D eigenvalue weighted by atomic mass is 10.0. The highest BCUT2D eigenvalue weighted by atomic mass is 35.5. The molecule has 0 radical (unpaired) electrons. The predicted molar refractivity (Wildman–Crippen MR) is 131 cm³/mol. The number of rotatable bonds is 1. The van der Waals surface area contributed by atoms with Crippen LogP contribution in [0.5, 0.6) is 0 Å². The van der Waals surface area contributed by atoms with Crippen molar-refractivity contribution in [2.24, 2.45) is 0 Å². The van der Waals surface area contributed by atoms with Crippen molar-refractivity contribution in [2.45, 2.75) is 0 Å². The quantitative estimate of drug-likeness (QED) is 0.262. The van der Waals surface area contributed by atoms with E-state index >= 15 is 0 Å². The Morgan fingerprint density at radius 3 is 2.35 bits per heavy atom. The SMILES string of the molecule is Clc1ccc2c(c1)oc1cccc(-n3c4ccccc4c4c5ccccc5ccc43)c12. The molecule has 0 N–H and O–H groups in total. The van der Waals surface area contributed by atoms with Gasteiger partial charge in [-0.1, -0.05) is 66.2 Å². The van der Waals surface area contributed by atoms with E-state index < -0.39 is 0 Å². The van der Waals surface area contributed by atoms with Crippen molar-refractivity contribution in [1.82, 2.24) is 4.57 Å². The topological polar surface area (TPSA) is 18.1 Å². The first-order valence-electron chi connectivity index (χ1n) is 10.3. The number of benzene rings is 5. The van der Waals surface area contributed by atoms with Gasteiger partial charge in [0.25, 0.3) is 0 Å². The van der Waals surface area contributed by atoms with Gasteiger partial charge in [0.05, 0.1) is 22.1 Å². The molecule has 146 valence electrons. The van der Waals surface area contributed by atoms with Crippen LogP contribution in [0.2, 0.25) is 5.02 Å². The summed E-state index contributed by atoms with van der Waals surface area (Å²) < 4.78 is 8.53. The fraction of sp³-hybridized carbons (Fsp3) is 0. The van der Waals surface area contributed by atoms with Crippen molar-refractivity contribution in [2.75, 3.05) is 0 Å². The summed E-state index contributed by atoms with van der Waals surface area (Å²) in [7, 11) is 0. The average molecular weight is 418 g/mol. The largest absolute Gasteiger partial charge is 0.456 e. The number of para-hydroxylation sites is 1. The Morgan fingerprint density at radius 2 is 1.42 bits per heavy atom. The molecule has 0 bridgehead atoms. The number of nitrogens with zero attached hydrogens (tertiary/aromatic N) is 1. The number of aromatic nitrogens is 1. The van der Waals surface area contributed by atoms with E-state index in [1.165, 1.54) is 32.6 Å². The predicted octanol–water partition coefficient (Wildman–Crippen LogP) is 8.49. The summed E-state index contributed by atoms with van der Waals surface area (Å²) in [6.07, 6.45) is 0. The molecule has 0 aliphatic carbocycles. The molecule has 2 aromatic heterocycles. The first kappa shape index (κ1) is 17.0. The van der Waals surface area contributed by atoms with E-state index in [0.29, 0.717) is 5.02 Å². The minimum atomic E-state index is 0.677. The van der Waals surface area contributed by atoms with Gasteiger partial charge in [-0.25, -0.2) is 0 Å². The van der Waals surface area contributed by atoms with E-state index in [1.54, 1.807) is 0 Å². The Labute approximate surface area is 182 Å². The third-order valence-electron chi connectivity index (χ3n) is 6.24. The zero-order valence-corrected chi connectivity index (χ0v) is 17.2. The molecule has 2 nitrogen and oxygen atoms in total. The highest BCUT2D eigenvalue weighted by Crippen LogP contribution is 2.40. The fourth-order valence-electron chi connectivity index (χ4n) is 4.97. The first-order chi connectivity index (χ1) is 15.3. The van der Waals surface area contributed by atoms with Crippen molar-refractivity contribution < 1.29 is 4.42 Å². The monoisotopic (exact) mass is 417 g/mol. The molecule has 7 rings (SSSR count). The summed E-state index contributed by atoms with van der Waals surface area (Å²) in [5.41, 5.74) is 5.16. The van der Waals surface area contributed by atoms with E-state index in [-0.39, 0.29) is 0 Å². The van der Waals surface area contributed by atoms with Crippen LogP contribution in [0.4, 0.5) is 0 Å². The minimum Gasteiger partial charge on any atom is -0.456 e. The van der Waals surface area contributed by atoms with Crippen LogP contribution in [0, 0.1) is 0 Å². The highest BCUT2D eigenvalue weighted by molar-refractivity contribution is 6.31. The molecule has 0 spiro atoms. The van der Waals surface area contributed by atoms with Gasteiger partial charge in [-0.2, -0.15) is 0 Å². The average Bonchev–Trinajstić information content (AvgIpc) is 3.34. The van der Waals surface area contributed by atoms with E-state index in [1.807, 2.05) is 18.2 Å². The molecule has 5 aromatic carbocycles. The Bertz CT molecular complexity index is 1810. The van der Waals surface area contributed by atoms with Gasteiger partial charge < -0.3 is 8.98 Å². The van der Waals surface area contributed by atoms with Crippen LogP contribution in [0.3, 0.4) is 0 Å². The molecule has 3 heteroatoms. The van der Waals surface area contributed by atoms with Gasteiger partial charge in [0.2, 0.25) is 0 Å². The Hall–Kier alpha value is -3.75. The standard InChI is InChI=1S/C28H16ClNO/c29-18-13-14-21-26(16-18)31-25-11-5-10-23(28(21)25)30-22-9-4-3-8-20(22)27-19-7-2-1-6-17(19)12-15-24(27)30/h1-16H. The van der Waals surface area contributed by atoms with Gasteiger partial charge in [-0.3, -0.25) is 0 Å². The zero-order valence-electron chi connectivity index (χ0n) is 16.5. The second-order valence-corrected chi connectivity index (χ2v) is 8.36. The molecule has 0 aliphatic rings. The maximum atomic E-state index is 6.23. The fourth-order valence-corrected chi connectivity index (χ4v) is 5.13. The smallest absolute Gasteiger partial charge is 0.137 e. The van der Waals surface area contributed by atoms with Crippen LogP contribution in [-0.2, 0) is 0 Å². The molecular formula is C28H16ClNO. The lowest BCUT2D eigenvalue weighted by Crippen LogP contribution is -1.94. The Kier molecular flexibility index (Phi) is 3.36. The molecule has 0 amide bonds. The van der Waals surface area contributed by atoms with Gasteiger partial charge in [0.15, 0.2) is 0 Å². The molecule has 31 heavy (non-hydrogen) atoms. The van der Waals surface area contributed by atoms with Gasteiger partial charge >= 0.3 is 0 Å². The Balaban J connectivity index is 1.72. The van der Waals surface area contributed by atoms with Gasteiger partial charge in [-0.05, 0) is 47.2 Å². The maximum absolute atomic E-state index is 6.23. The van der Waals surface area contributed by atoms with Gasteiger partial charge in [0, 0.05) is 27.2 Å². The van der Waals surface area contributed by atoms with Crippen molar-refractivity contribution in [3.05, 3.63) is 102 Å². The van der Waals surface area contributed by atoms with Crippen molar-refractivity contribution in [3.63, 3.8) is 0 Å².